The first-order valence-corrected chi connectivity index (χ1v) is 10.5. The van der Waals surface area contributed by atoms with Crippen molar-refractivity contribution in [2.45, 2.75) is 24.6 Å². The topological polar surface area (TPSA) is 73.8 Å². The van der Waals surface area contributed by atoms with Gasteiger partial charge >= 0.3 is 0 Å². The molecule has 2 heterocycles. The van der Waals surface area contributed by atoms with Gasteiger partial charge in [-0.05, 0) is 23.6 Å². The molecule has 2 saturated heterocycles. The molecule has 7 heteroatoms. The zero-order valence-corrected chi connectivity index (χ0v) is 16.9. The molecule has 4 rings (SSSR count). The van der Waals surface area contributed by atoms with Crippen LogP contribution >= 0.6 is 0 Å². The highest BCUT2D eigenvalue weighted by Crippen LogP contribution is 2.25. The second kappa shape index (κ2) is 9.66. The Kier molecular flexibility index (Phi) is 6.74. The lowest BCUT2D eigenvalue weighted by atomic mass is 9.99. The van der Waals surface area contributed by atoms with Crippen molar-refractivity contribution in [1.29, 1.82) is 0 Å². The Labute approximate surface area is 176 Å². The van der Waals surface area contributed by atoms with Gasteiger partial charge in [0.15, 0.2) is 0 Å². The van der Waals surface area contributed by atoms with Crippen molar-refractivity contribution in [1.82, 2.24) is 15.5 Å². The maximum Gasteiger partial charge on any atom is 0.237 e. The number of carbonyl (C=O) groups excluding carboxylic acids is 1. The van der Waals surface area contributed by atoms with Crippen molar-refractivity contribution in [2.75, 3.05) is 39.4 Å². The Morgan fingerprint density at radius 2 is 1.93 bits per heavy atom. The van der Waals surface area contributed by atoms with Crippen LogP contribution in [0.5, 0.6) is 0 Å². The van der Waals surface area contributed by atoms with Gasteiger partial charge in [0.05, 0.1) is 31.4 Å². The Bertz CT molecular complexity index is 855. The summed E-state index contributed by atoms with van der Waals surface area (Å²) in [7, 11) is 0. The number of aliphatic hydroxyl groups excluding tert-OH is 1. The maximum atomic E-state index is 14.1. The van der Waals surface area contributed by atoms with Crippen molar-refractivity contribution in [3.63, 3.8) is 0 Å². The SMILES string of the molecule is O=C(N[C@@H](CN1CCOCC1)c1ccc(-c2ccccc2F)cc1)C1CC(O)CN1. The van der Waals surface area contributed by atoms with Crippen molar-refractivity contribution in [3.05, 3.63) is 59.9 Å². The van der Waals surface area contributed by atoms with E-state index in [0.29, 0.717) is 38.3 Å². The molecular formula is C23H28FN3O3. The number of amides is 1. The number of benzene rings is 2. The molecule has 160 valence electrons. The second-order valence-corrected chi connectivity index (χ2v) is 7.93. The van der Waals surface area contributed by atoms with E-state index in [9.17, 15) is 14.3 Å². The fourth-order valence-corrected chi connectivity index (χ4v) is 4.06. The number of carbonyl (C=O) groups is 1. The summed E-state index contributed by atoms with van der Waals surface area (Å²) >= 11 is 0. The van der Waals surface area contributed by atoms with Crippen molar-refractivity contribution in [2.24, 2.45) is 0 Å². The van der Waals surface area contributed by atoms with E-state index < -0.39 is 6.10 Å². The summed E-state index contributed by atoms with van der Waals surface area (Å²) in [4.78, 5) is 15.0. The van der Waals surface area contributed by atoms with Crippen molar-refractivity contribution >= 4 is 5.91 Å². The number of aliphatic hydroxyl groups is 1. The van der Waals surface area contributed by atoms with Crippen LogP contribution in [0, 0.1) is 5.82 Å². The lowest BCUT2D eigenvalue weighted by molar-refractivity contribution is -0.123. The third kappa shape index (κ3) is 5.05. The van der Waals surface area contributed by atoms with E-state index in [1.54, 1.807) is 12.1 Å². The van der Waals surface area contributed by atoms with E-state index in [4.69, 9.17) is 4.74 Å². The van der Waals surface area contributed by atoms with Gasteiger partial charge in [-0.1, -0.05) is 42.5 Å². The van der Waals surface area contributed by atoms with Crippen LogP contribution in [0.2, 0.25) is 0 Å². The van der Waals surface area contributed by atoms with Gasteiger partial charge in [0.25, 0.3) is 0 Å². The van der Waals surface area contributed by atoms with Crippen LogP contribution in [0.4, 0.5) is 4.39 Å². The Morgan fingerprint density at radius 1 is 1.20 bits per heavy atom. The first-order chi connectivity index (χ1) is 14.6. The molecule has 2 aromatic carbocycles. The minimum atomic E-state index is -0.488. The average Bonchev–Trinajstić information content (AvgIpc) is 3.21. The van der Waals surface area contributed by atoms with Crippen LogP contribution < -0.4 is 10.6 Å². The van der Waals surface area contributed by atoms with E-state index in [2.05, 4.69) is 15.5 Å². The lowest BCUT2D eigenvalue weighted by Crippen LogP contribution is -2.47. The zero-order chi connectivity index (χ0) is 20.9. The molecule has 2 unspecified atom stereocenters. The summed E-state index contributed by atoms with van der Waals surface area (Å²) in [6, 6.07) is 13.8. The third-order valence-electron chi connectivity index (χ3n) is 5.78. The Morgan fingerprint density at radius 3 is 2.60 bits per heavy atom. The van der Waals surface area contributed by atoms with Gasteiger partial charge in [0.1, 0.15) is 5.82 Å². The van der Waals surface area contributed by atoms with Crippen molar-refractivity contribution < 1.29 is 19.0 Å². The second-order valence-electron chi connectivity index (χ2n) is 7.93. The molecule has 1 amide bonds. The van der Waals surface area contributed by atoms with Gasteiger partial charge in [-0.25, -0.2) is 4.39 Å². The largest absolute Gasteiger partial charge is 0.392 e. The number of nitrogens with one attached hydrogen (secondary N) is 2. The van der Waals surface area contributed by atoms with E-state index >= 15 is 0 Å². The number of ether oxygens (including phenoxy) is 1. The third-order valence-corrected chi connectivity index (χ3v) is 5.78. The van der Waals surface area contributed by atoms with E-state index in [0.717, 1.165) is 24.2 Å². The van der Waals surface area contributed by atoms with Crippen LogP contribution in [0.15, 0.2) is 48.5 Å². The van der Waals surface area contributed by atoms with Crippen LogP contribution in [-0.4, -0.2) is 67.5 Å². The van der Waals surface area contributed by atoms with Gasteiger partial charge < -0.3 is 20.5 Å². The van der Waals surface area contributed by atoms with Gasteiger partial charge in [-0.3, -0.25) is 9.69 Å². The molecule has 3 atom stereocenters. The van der Waals surface area contributed by atoms with Gasteiger partial charge in [0.2, 0.25) is 5.91 Å². The molecule has 6 nitrogen and oxygen atoms in total. The highest BCUT2D eigenvalue weighted by molar-refractivity contribution is 5.82. The van der Waals surface area contributed by atoms with Gasteiger partial charge in [-0.2, -0.15) is 0 Å². The van der Waals surface area contributed by atoms with Gasteiger partial charge in [-0.15, -0.1) is 0 Å². The zero-order valence-electron chi connectivity index (χ0n) is 16.9. The first-order valence-electron chi connectivity index (χ1n) is 10.5. The normalized spacial score (nSPS) is 23.3. The molecule has 2 aromatic rings. The van der Waals surface area contributed by atoms with Crippen molar-refractivity contribution in [3.8, 4) is 11.1 Å². The highest BCUT2D eigenvalue weighted by Gasteiger charge is 2.30. The number of β-amino-alcohol motifs (C(OH)–C–C–N with tert-alkyl or cyclic N) is 1. The minimum Gasteiger partial charge on any atom is -0.392 e. The molecule has 0 radical (unpaired) electrons. The number of morpholine rings is 1. The molecule has 0 spiro atoms. The molecule has 0 aliphatic carbocycles. The first kappa shape index (κ1) is 20.9. The molecule has 3 N–H and O–H groups in total. The van der Waals surface area contributed by atoms with E-state index in [-0.39, 0.29) is 23.8 Å². The summed E-state index contributed by atoms with van der Waals surface area (Å²) in [5.41, 5.74) is 2.32. The molecule has 0 aromatic heterocycles. The minimum absolute atomic E-state index is 0.108. The average molecular weight is 413 g/mol. The maximum absolute atomic E-state index is 14.1. The summed E-state index contributed by atoms with van der Waals surface area (Å²) in [5.74, 6) is -0.364. The number of rotatable bonds is 6. The summed E-state index contributed by atoms with van der Waals surface area (Å²) in [6.45, 7) is 4.11. The monoisotopic (exact) mass is 413 g/mol. The molecular weight excluding hydrogens is 385 g/mol. The fourth-order valence-electron chi connectivity index (χ4n) is 4.06. The summed E-state index contributed by atoms with van der Waals surface area (Å²) < 4.78 is 19.6. The molecule has 2 aliphatic rings. The molecule has 0 saturated carbocycles. The van der Waals surface area contributed by atoms with E-state index in [1.807, 2.05) is 30.3 Å². The quantitative estimate of drug-likeness (QED) is 0.672. The fraction of sp³-hybridized carbons (Fsp3) is 0.435. The number of nitrogens with zero attached hydrogens (tertiary/aromatic N) is 1. The molecule has 0 bridgehead atoms. The van der Waals surface area contributed by atoms with Crippen LogP contribution in [-0.2, 0) is 9.53 Å². The smallest absolute Gasteiger partial charge is 0.237 e. The highest BCUT2D eigenvalue weighted by atomic mass is 19.1. The predicted octanol–water partition coefficient (Wildman–Crippen LogP) is 1.70. The Balaban J connectivity index is 1.52. The summed E-state index contributed by atoms with van der Waals surface area (Å²) in [5, 5.41) is 15.9. The number of halogens is 1. The number of hydrogen-bond donors (Lipinski definition) is 3. The standard InChI is InChI=1S/C23H28FN3O3/c24-20-4-2-1-3-19(20)16-5-7-17(8-6-16)22(15-27-9-11-30-12-10-27)26-23(29)21-13-18(28)14-25-21/h1-8,18,21-22,25,28H,9-15H2,(H,26,29)/t18?,21?,22-/m0/s1. The van der Waals surface area contributed by atoms with Crippen LogP contribution in [0.25, 0.3) is 11.1 Å². The molecule has 2 aliphatic heterocycles. The number of hydrogen-bond acceptors (Lipinski definition) is 5. The lowest BCUT2D eigenvalue weighted by Gasteiger charge is -2.31. The molecule has 2 fully saturated rings. The predicted molar refractivity (Wildman–Crippen MR) is 112 cm³/mol. The summed E-state index contributed by atoms with van der Waals surface area (Å²) in [6.07, 6.45) is -0.0685. The Hall–Kier alpha value is -2.32. The molecule has 30 heavy (non-hydrogen) atoms. The van der Waals surface area contributed by atoms with Crippen LogP contribution in [0.1, 0.15) is 18.0 Å². The van der Waals surface area contributed by atoms with Gasteiger partial charge in [0, 0.05) is 31.7 Å². The van der Waals surface area contributed by atoms with E-state index in [1.165, 1.54) is 6.07 Å². The van der Waals surface area contributed by atoms with Crippen LogP contribution in [0.3, 0.4) is 0 Å².